The van der Waals surface area contributed by atoms with Crippen molar-refractivity contribution in [2.45, 2.75) is 20.0 Å². The molecule has 1 aromatic rings. The first-order chi connectivity index (χ1) is 9.85. The molecule has 0 saturated carbocycles. The fraction of sp³-hybridized carbons (Fsp3) is 0.308. The zero-order valence-corrected chi connectivity index (χ0v) is 11.6. The number of ether oxygens (including phenoxy) is 1. The number of imide groups is 1. The number of carbonyl (C=O) groups is 3. The number of nitrogen functional groups attached to an aromatic ring is 1. The second-order valence-corrected chi connectivity index (χ2v) is 4.14. The third-order valence-electron chi connectivity index (χ3n) is 2.44. The monoisotopic (exact) mass is 297 g/mol. The minimum atomic E-state index is -1.26. The van der Waals surface area contributed by atoms with Gasteiger partial charge in [-0.3, -0.25) is 10.1 Å². The van der Waals surface area contributed by atoms with Gasteiger partial charge in [0.25, 0.3) is 5.91 Å². The van der Waals surface area contributed by atoms with Crippen LogP contribution in [0.4, 0.5) is 14.9 Å². The van der Waals surface area contributed by atoms with Gasteiger partial charge in [0.05, 0.1) is 5.56 Å². The molecule has 7 nitrogen and oxygen atoms in total. The second-order valence-electron chi connectivity index (χ2n) is 4.14. The number of hydrogen-bond donors (Lipinski definition) is 3. The summed E-state index contributed by atoms with van der Waals surface area (Å²) >= 11 is 0. The Hall–Kier alpha value is -2.64. The van der Waals surface area contributed by atoms with Crippen LogP contribution in [0.25, 0.3) is 0 Å². The Labute approximate surface area is 120 Å². The number of urea groups is 1. The summed E-state index contributed by atoms with van der Waals surface area (Å²) in [5, 5.41) is 4.32. The standard InChI is InChI=1S/C13H16FN3O4/c1-3-16-13(20)17-11(18)7(2)21-12(19)9-6-8(15)4-5-10(9)14/h4-7H,3,15H2,1-2H3,(H2,16,17,18,20). The smallest absolute Gasteiger partial charge is 0.341 e. The lowest BCUT2D eigenvalue weighted by atomic mass is 10.2. The molecule has 1 atom stereocenters. The zero-order valence-electron chi connectivity index (χ0n) is 11.6. The van der Waals surface area contributed by atoms with Crippen LogP contribution in [0.1, 0.15) is 24.2 Å². The number of esters is 1. The zero-order chi connectivity index (χ0) is 16.0. The lowest BCUT2D eigenvalue weighted by Crippen LogP contribution is -2.44. The number of carbonyl (C=O) groups excluding carboxylic acids is 3. The van der Waals surface area contributed by atoms with Gasteiger partial charge < -0.3 is 15.8 Å². The molecule has 0 bridgehead atoms. The fourth-order valence-electron chi connectivity index (χ4n) is 1.40. The number of anilines is 1. The van der Waals surface area contributed by atoms with Crippen LogP contribution in [0.5, 0.6) is 0 Å². The predicted octanol–water partition coefficient (Wildman–Crippen LogP) is 0.799. The summed E-state index contributed by atoms with van der Waals surface area (Å²) in [6.07, 6.45) is -1.26. The number of benzene rings is 1. The molecule has 0 aliphatic rings. The SMILES string of the molecule is CCNC(=O)NC(=O)C(C)OC(=O)c1cc(N)ccc1F. The second kappa shape index (κ2) is 7.22. The van der Waals surface area contributed by atoms with Crippen molar-refractivity contribution in [1.82, 2.24) is 10.6 Å². The Morgan fingerprint density at radius 1 is 1.38 bits per heavy atom. The minimum Gasteiger partial charge on any atom is -0.449 e. The summed E-state index contributed by atoms with van der Waals surface area (Å²) in [4.78, 5) is 34.5. The van der Waals surface area contributed by atoms with Crippen LogP contribution in [0.2, 0.25) is 0 Å². The van der Waals surface area contributed by atoms with Gasteiger partial charge in [-0.05, 0) is 32.0 Å². The van der Waals surface area contributed by atoms with Gasteiger partial charge in [-0.1, -0.05) is 0 Å². The van der Waals surface area contributed by atoms with E-state index in [-0.39, 0.29) is 11.3 Å². The number of hydrogen-bond acceptors (Lipinski definition) is 5. The molecule has 3 amide bonds. The van der Waals surface area contributed by atoms with Gasteiger partial charge in [-0.2, -0.15) is 0 Å². The van der Waals surface area contributed by atoms with E-state index in [2.05, 4.69) is 5.32 Å². The molecule has 1 unspecified atom stereocenters. The molecule has 0 saturated heterocycles. The van der Waals surface area contributed by atoms with Gasteiger partial charge in [0.2, 0.25) is 0 Å². The summed E-state index contributed by atoms with van der Waals surface area (Å²) in [6, 6.07) is 2.70. The van der Waals surface area contributed by atoms with Crippen molar-refractivity contribution in [2.75, 3.05) is 12.3 Å². The highest BCUT2D eigenvalue weighted by Gasteiger charge is 2.22. The summed E-state index contributed by atoms with van der Waals surface area (Å²) in [6.45, 7) is 3.27. The number of amides is 3. The van der Waals surface area contributed by atoms with Crippen molar-refractivity contribution in [1.29, 1.82) is 0 Å². The first kappa shape index (κ1) is 16.4. The van der Waals surface area contributed by atoms with E-state index in [1.54, 1.807) is 6.92 Å². The minimum absolute atomic E-state index is 0.183. The maximum absolute atomic E-state index is 13.5. The lowest BCUT2D eigenvalue weighted by Gasteiger charge is -2.13. The maximum Gasteiger partial charge on any atom is 0.341 e. The van der Waals surface area contributed by atoms with Crippen LogP contribution in [0.15, 0.2) is 18.2 Å². The van der Waals surface area contributed by atoms with E-state index in [4.69, 9.17) is 10.5 Å². The van der Waals surface area contributed by atoms with Gasteiger partial charge >= 0.3 is 12.0 Å². The Balaban J connectivity index is 2.67. The Morgan fingerprint density at radius 2 is 2.05 bits per heavy atom. The first-order valence-electron chi connectivity index (χ1n) is 6.19. The van der Waals surface area contributed by atoms with Crippen molar-refractivity contribution in [2.24, 2.45) is 0 Å². The highest BCUT2D eigenvalue weighted by atomic mass is 19.1. The Bertz CT molecular complexity index is 562. The largest absolute Gasteiger partial charge is 0.449 e. The predicted molar refractivity (Wildman–Crippen MR) is 72.9 cm³/mol. The average Bonchev–Trinajstić information content (AvgIpc) is 2.41. The third-order valence-corrected chi connectivity index (χ3v) is 2.44. The molecule has 0 heterocycles. The molecule has 0 aliphatic carbocycles. The van der Waals surface area contributed by atoms with E-state index >= 15 is 0 Å². The lowest BCUT2D eigenvalue weighted by molar-refractivity contribution is -0.127. The summed E-state index contributed by atoms with van der Waals surface area (Å²) in [5.74, 6) is -2.68. The number of nitrogens with two attached hydrogens (primary N) is 1. The number of rotatable bonds is 4. The van der Waals surface area contributed by atoms with Crippen molar-refractivity contribution in [3.63, 3.8) is 0 Å². The molecule has 0 radical (unpaired) electrons. The Kier molecular flexibility index (Phi) is 5.65. The van der Waals surface area contributed by atoms with E-state index < -0.39 is 29.8 Å². The molecule has 114 valence electrons. The highest BCUT2D eigenvalue weighted by Crippen LogP contribution is 2.14. The van der Waals surface area contributed by atoms with E-state index in [0.29, 0.717) is 6.54 Å². The maximum atomic E-state index is 13.5. The van der Waals surface area contributed by atoms with Crippen LogP contribution < -0.4 is 16.4 Å². The summed E-state index contributed by atoms with van der Waals surface area (Å²) in [5.41, 5.74) is 5.25. The van der Waals surface area contributed by atoms with Crippen molar-refractivity contribution >= 4 is 23.6 Å². The van der Waals surface area contributed by atoms with Crippen LogP contribution in [-0.4, -0.2) is 30.6 Å². The van der Waals surface area contributed by atoms with Crippen molar-refractivity contribution in [3.05, 3.63) is 29.6 Å². The van der Waals surface area contributed by atoms with E-state index in [9.17, 15) is 18.8 Å². The molecule has 0 fully saturated rings. The number of nitrogens with one attached hydrogen (secondary N) is 2. The van der Waals surface area contributed by atoms with Crippen LogP contribution >= 0.6 is 0 Å². The van der Waals surface area contributed by atoms with Crippen molar-refractivity contribution < 1.29 is 23.5 Å². The van der Waals surface area contributed by atoms with E-state index in [1.165, 1.54) is 13.0 Å². The average molecular weight is 297 g/mol. The molecule has 1 aromatic carbocycles. The molecular weight excluding hydrogens is 281 g/mol. The molecule has 0 aliphatic heterocycles. The molecular formula is C13H16FN3O4. The Morgan fingerprint density at radius 3 is 2.67 bits per heavy atom. The highest BCUT2D eigenvalue weighted by molar-refractivity contribution is 5.98. The summed E-state index contributed by atoms with van der Waals surface area (Å²) in [7, 11) is 0. The third kappa shape index (κ3) is 4.75. The molecule has 8 heteroatoms. The van der Waals surface area contributed by atoms with Gasteiger partial charge in [-0.15, -0.1) is 0 Å². The topological polar surface area (TPSA) is 111 Å². The van der Waals surface area contributed by atoms with Crippen molar-refractivity contribution in [3.8, 4) is 0 Å². The molecule has 1 rings (SSSR count). The van der Waals surface area contributed by atoms with Crippen LogP contribution in [0, 0.1) is 5.82 Å². The van der Waals surface area contributed by atoms with Gasteiger partial charge in [-0.25, -0.2) is 14.0 Å². The first-order valence-corrected chi connectivity index (χ1v) is 6.19. The van der Waals surface area contributed by atoms with E-state index in [0.717, 1.165) is 12.1 Å². The van der Waals surface area contributed by atoms with E-state index in [1.807, 2.05) is 5.32 Å². The normalized spacial score (nSPS) is 11.4. The molecule has 0 aromatic heterocycles. The van der Waals surface area contributed by atoms with Gasteiger partial charge in [0, 0.05) is 12.2 Å². The summed E-state index contributed by atoms with van der Waals surface area (Å²) < 4.78 is 18.2. The van der Waals surface area contributed by atoms with Crippen LogP contribution in [0.3, 0.4) is 0 Å². The van der Waals surface area contributed by atoms with Gasteiger partial charge in [0.1, 0.15) is 5.82 Å². The number of halogens is 1. The molecule has 4 N–H and O–H groups in total. The van der Waals surface area contributed by atoms with Crippen LogP contribution in [-0.2, 0) is 9.53 Å². The quantitative estimate of drug-likeness (QED) is 0.562. The fourth-order valence-corrected chi connectivity index (χ4v) is 1.40. The molecule has 0 spiro atoms. The van der Waals surface area contributed by atoms with Gasteiger partial charge in [0.15, 0.2) is 6.10 Å². The molecule has 21 heavy (non-hydrogen) atoms.